The molecule has 8 nitrogen and oxygen atoms in total. The molecule has 2 aromatic carbocycles. The Balaban J connectivity index is 1.74. The van der Waals surface area contributed by atoms with Crippen LogP contribution in [0.5, 0.6) is 6.01 Å². The van der Waals surface area contributed by atoms with Gasteiger partial charge in [0.05, 0.1) is 18.1 Å². The molecule has 0 amide bonds. The van der Waals surface area contributed by atoms with Crippen molar-refractivity contribution in [3.05, 3.63) is 65.1 Å². The van der Waals surface area contributed by atoms with E-state index in [1.165, 1.54) is 19.2 Å². The maximum atomic E-state index is 13.4. The Morgan fingerprint density at radius 1 is 1.14 bits per heavy atom. The number of rotatable bonds is 6. The SMILES string of the molecule is COc1nc2c(CN)cccc2n1-c1nnc(C)c(NCc2cccc(F)c2)n1. The number of aromatic nitrogens is 5. The first-order valence-electron chi connectivity index (χ1n) is 9.05. The third kappa shape index (κ3) is 3.59. The van der Waals surface area contributed by atoms with Crippen molar-refractivity contribution in [2.24, 2.45) is 5.73 Å². The van der Waals surface area contributed by atoms with E-state index in [0.717, 1.165) is 22.2 Å². The number of anilines is 1. The summed E-state index contributed by atoms with van der Waals surface area (Å²) in [6.45, 7) is 2.55. The van der Waals surface area contributed by atoms with E-state index in [2.05, 4.69) is 25.5 Å². The number of fused-ring (bicyclic) bond motifs is 1. The highest BCUT2D eigenvalue weighted by Crippen LogP contribution is 2.27. The summed E-state index contributed by atoms with van der Waals surface area (Å²) in [4.78, 5) is 9.12. The Kier molecular flexibility index (Phi) is 5.05. The van der Waals surface area contributed by atoms with Crippen molar-refractivity contribution < 1.29 is 9.13 Å². The molecule has 0 spiro atoms. The average molecular weight is 393 g/mol. The van der Waals surface area contributed by atoms with Gasteiger partial charge >= 0.3 is 6.01 Å². The molecular formula is C20H20FN7O. The molecular weight excluding hydrogens is 373 g/mol. The van der Waals surface area contributed by atoms with Crippen LogP contribution in [0.25, 0.3) is 17.0 Å². The number of para-hydroxylation sites is 1. The maximum Gasteiger partial charge on any atom is 0.304 e. The summed E-state index contributed by atoms with van der Waals surface area (Å²) in [7, 11) is 1.53. The molecule has 0 unspecified atom stereocenters. The Morgan fingerprint density at radius 2 is 1.97 bits per heavy atom. The van der Waals surface area contributed by atoms with Crippen molar-refractivity contribution in [2.45, 2.75) is 20.0 Å². The monoisotopic (exact) mass is 393 g/mol. The predicted octanol–water partition coefficient (Wildman–Crippen LogP) is 2.74. The van der Waals surface area contributed by atoms with Crippen LogP contribution in [0.1, 0.15) is 16.8 Å². The third-order valence-corrected chi connectivity index (χ3v) is 4.53. The lowest BCUT2D eigenvalue weighted by Gasteiger charge is -2.11. The standard InChI is InChI=1S/C20H20FN7O/c1-12-18(23-11-13-5-3-7-15(21)9-13)25-19(27-26-12)28-16-8-4-6-14(10-22)17(16)24-20(28)29-2/h3-9H,10-11,22H2,1-2H3,(H,23,25,27). The average Bonchev–Trinajstić information content (AvgIpc) is 3.12. The third-order valence-electron chi connectivity index (χ3n) is 4.53. The van der Waals surface area contributed by atoms with Crippen LogP contribution in [0.15, 0.2) is 42.5 Å². The molecule has 2 heterocycles. The molecule has 0 saturated carbocycles. The first-order valence-corrected chi connectivity index (χ1v) is 9.05. The van der Waals surface area contributed by atoms with Crippen LogP contribution in [-0.2, 0) is 13.1 Å². The number of ether oxygens (including phenoxy) is 1. The molecule has 0 bridgehead atoms. The molecule has 2 aromatic heterocycles. The molecule has 0 aliphatic heterocycles. The summed E-state index contributed by atoms with van der Waals surface area (Å²) >= 11 is 0. The van der Waals surface area contributed by atoms with E-state index in [9.17, 15) is 4.39 Å². The van der Waals surface area contributed by atoms with Gasteiger partial charge in [0.15, 0.2) is 5.82 Å². The molecule has 3 N–H and O–H groups in total. The van der Waals surface area contributed by atoms with Gasteiger partial charge in [-0.05, 0) is 36.2 Å². The van der Waals surface area contributed by atoms with E-state index >= 15 is 0 Å². The molecule has 0 saturated heterocycles. The van der Waals surface area contributed by atoms with Crippen molar-refractivity contribution in [2.75, 3.05) is 12.4 Å². The molecule has 0 aliphatic carbocycles. The van der Waals surface area contributed by atoms with Gasteiger partial charge in [-0.15, -0.1) is 10.2 Å². The number of nitrogens with zero attached hydrogens (tertiary/aromatic N) is 5. The minimum Gasteiger partial charge on any atom is -0.468 e. The molecule has 29 heavy (non-hydrogen) atoms. The quantitative estimate of drug-likeness (QED) is 0.519. The highest BCUT2D eigenvalue weighted by Gasteiger charge is 2.18. The van der Waals surface area contributed by atoms with E-state index < -0.39 is 0 Å². The Labute approximate surface area is 166 Å². The van der Waals surface area contributed by atoms with Gasteiger partial charge in [-0.3, -0.25) is 0 Å². The van der Waals surface area contributed by atoms with Gasteiger partial charge in [0.25, 0.3) is 5.95 Å². The zero-order valence-corrected chi connectivity index (χ0v) is 16.1. The van der Waals surface area contributed by atoms with Gasteiger partial charge in [0.1, 0.15) is 11.5 Å². The molecule has 0 atom stereocenters. The van der Waals surface area contributed by atoms with Gasteiger partial charge in [-0.25, -0.2) is 8.96 Å². The zero-order chi connectivity index (χ0) is 20.4. The summed E-state index contributed by atoms with van der Waals surface area (Å²) < 4.78 is 20.5. The molecule has 0 radical (unpaired) electrons. The van der Waals surface area contributed by atoms with Crippen LogP contribution in [0, 0.1) is 12.7 Å². The lowest BCUT2D eigenvalue weighted by molar-refractivity contribution is 0.373. The molecule has 0 aliphatic rings. The van der Waals surface area contributed by atoms with E-state index in [4.69, 9.17) is 10.5 Å². The van der Waals surface area contributed by atoms with Crippen molar-refractivity contribution >= 4 is 16.9 Å². The minimum atomic E-state index is -0.284. The summed E-state index contributed by atoms with van der Waals surface area (Å²) in [6, 6.07) is 12.4. The summed E-state index contributed by atoms with van der Waals surface area (Å²) in [5, 5.41) is 11.6. The van der Waals surface area contributed by atoms with Crippen molar-refractivity contribution in [3.8, 4) is 12.0 Å². The second kappa shape index (κ2) is 7.80. The Bertz CT molecular complexity index is 1170. The number of hydrogen-bond acceptors (Lipinski definition) is 7. The topological polar surface area (TPSA) is 104 Å². The second-order valence-corrected chi connectivity index (χ2v) is 6.45. The Morgan fingerprint density at radius 3 is 2.72 bits per heavy atom. The number of hydrogen-bond donors (Lipinski definition) is 2. The van der Waals surface area contributed by atoms with Gasteiger partial charge in [-0.1, -0.05) is 24.3 Å². The lowest BCUT2D eigenvalue weighted by Crippen LogP contribution is -2.11. The molecule has 4 rings (SSSR count). The first-order chi connectivity index (χ1) is 14.1. The van der Waals surface area contributed by atoms with Gasteiger partial charge in [0.2, 0.25) is 0 Å². The predicted molar refractivity (Wildman–Crippen MR) is 107 cm³/mol. The van der Waals surface area contributed by atoms with Crippen LogP contribution >= 0.6 is 0 Å². The molecule has 0 fully saturated rings. The van der Waals surface area contributed by atoms with E-state index in [0.29, 0.717) is 36.6 Å². The number of halogens is 1. The zero-order valence-electron chi connectivity index (χ0n) is 16.1. The highest BCUT2D eigenvalue weighted by atomic mass is 19.1. The summed E-state index contributed by atoms with van der Waals surface area (Å²) in [5.41, 5.74) is 9.64. The molecule has 4 aromatic rings. The lowest BCUT2D eigenvalue weighted by atomic mass is 10.2. The van der Waals surface area contributed by atoms with Gasteiger partial charge in [0, 0.05) is 13.1 Å². The number of aryl methyl sites for hydroxylation is 1. The van der Waals surface area contributed by atoms with Gasteiger partial charge < -0.3 is 15.8 Å². The van der Waals surface area contributed by atoms with Crippen LogP contribution in [0.4, 0.5) is 10.2 Å². The highest BCUT2D eigenvalue weighted by molar-refractivity contribution is 5.81. The van der Waals surface area contributed by atoms with Crippen molar-refractivity contribution in [1.29, 1.82) is 0 Å². The number of benzene rings is 2. The fraction of sp³-hybridized carbons (Fsp3) is 0.200. The first kappa shape index (κ1) is 18.8. The van der Waals surface area contributed by atoms with Crippen molar-refractivity contribution in [1.82, 2.24) is 24.7 Å². The molecule has 9 heteroatoms. The minimum absolute atomic E-state index is 0.284. The van der Waals surface area contributed by atoms with Gasteiger partial charge in [-0.2, -0.15) is 9.97 Å². The van der Waals surface area contributed by atoms with Crippen LogP contribution in [0.2, 0.25) is 0 Å². The fourth-order valence-electron chi connectivity index (χ4n) is 3.10. The van der Waals surface area contributed by atoms with Crippen molar-refractivity contribution in [3.63, 3.8) is 0 Å². The maximum absolute atomic E-state index is 13.4. The van der Waals surface area contributed by atoms with E-state index in [1.54, 1.807) is 17.6 Å². The summed E-state index contributed by atoms with van der Waals surface area (Å²) in [5.74, 6) is 0.567. The molecule has 148 valence electrons. The second-order valence-electron chi connectivity index (χ2n) is 6.45. The van der Waals surface area contributed by atoms with Crippen LogP contribution < -0.4 is 15.8 Å². The smallest absolute Gasteiger partial charge is 0.304 e. The summed E-state index contributed by atoms with van der Waals surface area (Å²) in [6.07, 6.45) is 0. The number of imidazole rings is 1. The normalized spacial score (nSPS) is 11.0. The number of nitrogens with two attached hydrogens (primary N) is 1. The van der Waals surface area contributed by atoms with Crippen LogP contribution in [0.3, 0.4) is 0 Å². The largest absolute Gasteiger partial charge is 0.468 e. The van der Waals surface area contributed by atoms with Crippen LogP contribution in [-0.4, -0.2) is 31.8 Å². The fourth-order valence-corrected chi connectivity index (χ4v) is 3.10. The Hall–Kier alpha value is -3.59. The van der Waals surface area contributed by atoms with E-state index in [1.807, 2.05) is 24.3 Å². The number of methoxy groups -OCH3 is 1. The number of nitrogens with one attached hydrogen (secondary N) is 1. The van der Waals surface area contributed by atoms with E-state index in [-0.39, 0.29) is 5.82 Å².